The SMILES string of the molecule is Clc1cc(Br)nc(C2CC2)c1. The first-order chi connectivity index (χ1) is 5.25. The zero-order chi connectivity index (χ0) is 7.84. The molecular formula is C8H7BrClN. The van der Waals surface area contributed by atoms with Gasteiger partial charge in [0.05, 0.1) is 0 Å². The van der Waals surface area contributed by atoms with Crippen LogP contribution in [0.15, 0.2) is 16.7 Å². The van der Waals surface area contributed by atoms with Crippen LogP contribution in [0.3, 0.4) is 0 Å². The molecule has 1 heterocycles. The molecule has 1 aliphatic rings. The van der Waals surface area contributed by atoms with Gasteiger partial charge in [-0.15, -0.1) is 0 Å². The fourth-order valence-electron chi connectivity index (χ4n) is 1.07. The highest BCUT2D eigenvalue weighted by Gasteiger charge is 2.25. The van der Waals surface area contributed by atoms with Crippen molar-refractivity contribution in [3.05, 3.63) is 27.5 Å². The van der Waals surface area contributed by atoms with Crippen LogP contribution < -0.4 is 0 Å². The molecule has 0 unspecified atom stereocenters. The first-order valence-electron chi connectivity index (χ1n) is 3.59. The number of hydrogen-bond donors (Lipinski definition) is 0. The highest BCUT2D eigenvalue weighted by atomic mass is 79.9. The van der Waals surface area contributed by atoms with E-state index in [0.29, 0.717) is 5.92 Å². The molecule has 0 atom stereocenters. The van der Waals surface area contributed by atoms with E-state index >= 15 is 0 Å². The maximum absolute atomic E-state index is 5.85. The maximum atomic E-state index is 5.85. The molecule has 58 valence electrons. The summed E-state index contributed by atoms with van der Waals surface area (Å²) in [5.41, 5.74) is 1.13. The second-order valence-corrected chi connectivity index (χ2v) is 4.06. The van der Waals surface area contributed by atoms with E-state index in [4.69, 9.17) is 11.6 Å². The Hall–Kier alpha value is -0.0800. The van der Waals surface area contributed by atoms with Crippen molar-refractivity contribution in [1.82, 2.24) is 4.98 Å². The van der Waals surface area contributed by atoms with Crippen molar-refractivity contribution in [2.75, 3.05) is 0 Å². The van der Waals surface area contributed by atoms with Gasteiger partial charge in [0, 0.05) is 16.6 Å². The molecule has 11 heavy (non-hydrogen) atoms. The molecule has 2 rings (SSSR count). The van der Waals surface area contributed by atoms with E-state index in [1.807, 2.05) is 12.1 Å². The zero-order valence-corrected chi connectivity index (χ0v) is 8.19. The van der Waals surface area contributed by atoms with Crippen molar-refractivity contribution in [3.8, 4) is 0 Å². The number of aromatic nitrogens is 1. The highest BCUT2D eigenvalue weighted by molar-refractivity contribution is 9.10. The van der Waals surface area contributed by atoms with Crippen LogP contribution in [0.2, 0.25) is 5.02 Å². The summed E-state index contributed by atoms with van der Waals surface area (Å²) in [6.45, 7) is 0. The average molecular weight is 233 g/mol. The molecule has 0 N–H and O–H groups in total. The summed E-state index contributed by atoms with van der Waals surface area (Å²) in [4.78, 5) is 4.33. The lowest BCUT2D eigenvalue weighted by molar-refractivity contribution is 1.01. The molecule has 0 amide bonds. The molecule has 1 fully saturated rings. The highest BCUT2D eigenvalue weighted by Crippen LogP contribution is 2.40. The van der Waals surface area contributed by atoms with Crippen LogP contribution in [0.25, 0.3) is 0 Å². The predicted molar refractivity (Wildman–Crippen MR) is 48.9 cm³/mol. The van der Waals surface area contributed by atoms with E-state index < -0.39 is 0 Å². The van der Waals surface area contributed by atoms with Gasteiger partial charge in [0.1, 0.15) is 4.60 Å². The summed E-state index contributed by atoms with van der Waals surface area (Å²) in [5.74, 6) is 0.671. The summed E-state index contributed by atoms with van der Waals surface area (Å²) in [6, 6.07) is 3.76. The molecule has 1 saturated carbocycles. The van der Waals surface area contributed by atoms with Crippen LogP contribution in [0.4, 0.5) is 0 Å². The summed E-state index contributed by atoms with van der Waals surface area (Å²) in [7, 11) is 0. The van der Waals surface area contributed by atoms with Gasteiger partial charge in [0.2, 0.25) is 0 Å². The van der Waals surface area contributed by atoms with Gasteiger partial charge in [-0.25, -0.2) is 4.98 Å². The molecule has 0 spiro atoms. The smallest absolute Gasteiger partial charge is 0.107 e. The van der Waals surface area contributed by atoms with Gasteiger partial charge >= 0.3 is 0 Å². The Kier molecular flexibility index (Phi) is 1.90. The van der Waals surface area contributed by atoms with Crippen molar-refractivity contribution in [2.24, 2.45) is 0 Å². The molecule has 1 nitrogen and oxygen atoms in total. The molecule has 3 heteroatoms. The Morgan fingerprint density at radius 1 is 1.45 bits per heavy atom. The summed E-state index contributed by atoms with van der Waals surface area (Å²) in [6.07, 6.45) is 2.53. The Morgan fingerprint density at radius 2 is 2.18 bits per heavy atom. The lowest BCUT2D eigenvalue weighted by Crippen LogP contribution is -1.86. The molecule has 1 aromatic rings. The summed E-state index contributed by atoms with van der Waals surface area (Å²) < 4.78 is 0.840. The van der Waals surface area contributed by atoms with Crippen LogP contribution in [0.1, 0.15) is 24.5 Å². The van der Waals surface area contributed by atoms with Crippen LogP contribution in [-0.2, 0) is 0 Å². The topological polar surface area (TPSA) is 12.9 Å². The standard InChI is InChI=1S/C8H7BrClN/c9-8-4-6(10)3-7(11-8)5-1-2-5/h3-5H,1-2H2. The van der Waals surface area contributed by atoms with Crippen molar-refractivity contribution in [1.29, 1.82) is 0 Å². The minimum absolute atomic E-state index is 0.671. The van der Waals surface area contributed by atoms with Gasteiger partial charge in [-0.05, 0) is 40.9 Å². The monoisotopic (exact) mass is 231 g/mol. The fraction of sp³-hybridized carbons (Fsp3) is 0.375. The molecule has 1 aliphatic carbocycles. The van der Waals surface area contributed by atoms with E-state index in [1.165, 1.54) is 12.8 Å². The average Bonchev–Trinajstić information content (AvgIpc) is 2.64. The molecule has 0 saturated heterocycles. The van der Waals surface area contributed by atoms with Crippen LogP contribution in [0.5, 0.6) is 0 Å². The molecule has 0 aromatic carbocycles. The Morgan fingerprint density at radius 3 is 2.73 bits per heavy atom. The molecule has 0 aliphatic heterocycles. The first kappa shape index (κ1) is 7.56. The van der Waals surface area contributed by atoms with Crippen molar-refractivity contribution >= 4 is 27.5 Å². The largest absolute Gasteiger partial charge is 0.246 e. The molecular weight excluding hydrogens is 225 g/mol. The third-order valence-corrected chi connectivity index (χ3v) is 2.40. The van der Waals surface area contributed by atoms with E-state index in [1.54, 1.807) is 0 Å². The number of halogens is 2. The fourth-order valence-corrected chi connectivity index (χ4v) is 1.87. The van der Waals surface area contributed by atoms with Gasteiger partial charge in [-0.1, -0.05) is 11.6 Å². The Labute approximate surface area is 78.9 Å². The van der Waals surface area contributed by atoms with Gasteiger partial charge in [0.15, 0.2) is 0 Å². The molecule has 1 aromatic heterocycles. The maximum Gasteiger partial charge on any atom is 0.107 e. The third kappa shape index (κ3) is 1.74. The van der Waals surface area contributed by atoms with Crippen molar-refractivity contribution in [3.63, 3.8) is 0 Å². The predicted octanol–water partition coefficient (Wildman–Crippen LogP) is 3.37. The summed E-state index contributed by atoms with van der Waals surface area (Å²) >= 11 is 9.17. The number of nitrogens with zero attached hydrogens (tertiary/aromatic N) is 1. The second-order valence-electron chi connectivity index (χ2n) is 2.81. The van der Waals surface area contributed by atoms with E-state index in [9.17, 15) is 0 Å². The van der Waals surface area contributed by atoms with Crippen molar-refractivity contribution in [2.45, 2.75) is 18.8 Å². The van der Waals surface area contributed by atoms with Gasteiger partial charge in [-0.2, -0.15) is 0 Å². The third-order valence-electron chi connectivity index (χ3n) is 1.77. The van der Waals surface area contributed by atoms with Gasteiger partial charge in [0.25, 0.3) is 0 Å². The minimum atomic E-state index is 0.671. The number of pyridine rings is 1. The number of rotatable bonds is 1. The minimum Gasteiger partial charge on any atom is -0.246 e. The van der Waals surface area contributed by atoms with Crippen molar-refractivity contribution < 1.29 is 0 Å². The second kappa shape index (κ2) is 2.76. The first-order valence-corrected chi connectivity index (χ1v) is 4.76. The zero-order valence-electron chi connectivity index (χ0n) is 5.85. The van der Waals surface area contributed by atoms with E-state index in [-0.39, 0.29) is 0 Å². The Balaban J connectivity index is 2.39. The lowest BCUT2D eigenvalue weighted by atomic mass is 10.2. The number of hydrogen-bond acceptors (Lipinski definition) is 1. The van der Waals surface area contributed by atoms with E-state index in [0.717, 1.165) is 15.3 Å². The van der Waals surface area contributed by atoms with Gasteiger partial charge < -0.3 is 0 Å². The lowest BCUT2D eigenvalue weighted by Gasteiger charge is -1.98. The quantitative estimate of drug-likeness (QED) is 0.677. The van der Waals surface area contributed by atoms with Gasteiger partial charge in [-0.3, -0.25) is 0 Å². The molecule has 0 radical (unpaired) electrons. The van der Waals surface area contributed by atoms with E-state index in [2.05, 4.69) is 20.9 Å². The molecule has 0 bridgehead atoms. The summed E-state index contributed by atoms with van der Waals surface area (Å²) in [5, 5.41) is 0.772. The Bertz CT molecular complexity index is 263. The van der Waals surface area contributed by atoms with Crippen LogP contribution in [0, 0.1) is 0 Å². The van der Waals surface area contributed by atoms with Crippen LogP contribution >= 0.6 is 27.5 Å². The normalized spacial score (nSPS) is 16.9. The van der Waals surface area contributed by atoms with Crippen LogP contribution in [-0.4, -0.2) is 4.98 Å².